The first kappa shape index (κ1) is 13.7. The van der Waals surface area contributed by atoms with Gasteiger partial charge < -0.3 is 4.74 Å². The Bertz CT molecular complexity index is 531. The molecule has 7 nitrogen and oxygen atoms in total. The summed E-state index contributed by atoms with van der Waals surface area (Å²) >= 11 is 5.63. The quantitative estimate of drug-likeness (QED) is 0.636. The van der Waals surface area contributed by atoms with Crippen molar-refractivity contribution >= 4 is 27.3 Å². The molecule has 0 spiro atoms. The van der Waals surface area contributed by atoms with E-state index < -0.39 is 14.9 Å². The first-order chi connectivity index (χ1) is 7.79. The molecule has 2 N–H and O–H groups in total. The fraction of sp³-hybridized carbons (Fsp3) is 0.250. The van der Waals surface area contributed by atoms with Gasteiger partial charge in [0.05, 0.1) is 10.7 Å². The van der Waals surface area contributed by atoms with Gasteiger partial charge in [-0.1, -0.05) is 11.6 Å². The molecule has 0 aliphatic heterocycles. The van der Waals surface area contributed by atoms with Gasteiger partial charge in [-0.25, -0.2) is 13.6 Å². The molecule has 0 unspecified atom stereocenters. The summed E-state index contributed by atoms with van der Waals surface area (Å²) in [6.07, 6.45) is 0. The van der Waals surface area contributed by atoms with Crippen LogP contribution in [0.2, 0.25) is 5.02 Å². The summed E-state index contributed by atoms with van der Waals surface area (Å²) in [4.78, 5) is 9.83. The average molecular weight is 281 g/mol. The zero-order valence-corrected chi connectivity index (χ0v) is 10.1. The zero-order chi connectivity index (χ0) is 13.1. The van der Waals surface area contributed by atoms with Crippen LogP contribution >= 0.6 is 11.6 Å². The molecule has 0 aromatic heterocycles. The maximum absolute atomic E-state index is 10.6. The van der Waals surface area contributed by atoms with E-state index in [0.717, 1.165) is 0 Å². The van der Waals surface area contributed by atoms with E-state index in [2.05, 4.69) is 0 Å². The first-order valence-electron chi connectivity index (χ1n) is 4.37. The molecule has 0 atom stereocenters. The van der Waals surface area contributed by atoms with Crippen molar-refractivity contribution in [2.24, 2.45) is 5.14 Å². The molecule has 0 saturated carbocycles. The third kappa shape index (κ3) is 4.55. The molecule has 0 saturated heterocycles. The van der Waals surface area contributed by atoms with Gasteiger partial charge in [-0.15, -0.1) is 0 Å². The lowest BCUT2D eigenvalue weighted by molar-refractivity contribution is -0.384. The molecule has 0 aliphatic rings. The molecule has 17 heavy (non-hydrogen) atoms. The lowest BCUT2D eigenvalue weighted by Crippen LogP contribution is -2.21. The summed E-state index contributed by atoms with van der Waals surface area (Å²) in [5.74, 6) is -0.106. The summed E-state index contributed by atoms with van der Waals surface area (Å²) in [6.45, 7) is -0.146. The van der Waals surface area contributed by atoms with Gasteiger partial charge in [0, 0.05) is 12.1 Å². The summed E-state index contributed by atoms with van der Waals surface area (Å²) in [5, 5.41) is 15.2. The molecule has 1 aromatic carbocycles. The number of hydrogen-bond acceptors (Lipinski definition) is 5. The number of primary sulfonamides is 1. The largest absolute Gasteiger partial charge is 0.492 e. The molecule has 0 radical (unpaired) electrons. The van der Waals surface area contributed by atoms with Crippen LogP contribution in [0, 0.1) is 10.1 Å². The Morgan fingerprint density at radius 3 is 2.59 bits per heavy atom. The van der Waals surface area contributed by atoms with Crippen molar-refractivity contribution in [3.8, 4) is 5.75 Å². The number of ether oxygens (including phenoxy) is 1. The predicted molar refractivity (Wildman–Crippen MR) is 61.6 cm³/mol. The van der Waals surface area contributed by atoms with Crippen molar-refractivity contribution < 1.29 is 18.1 Å². The number of benzene rings is 1. The van der Waals surface area contributed by atoms with Gasteiger partial charge in [-0.05, 0) is 6.07 Å². The number of nitrogens with two attached hydrogens (primary N) is 1. The highest BCUT2D eigenvalue weighted by molar-refractivity contribution is 7.89. The number of hydrogen-bond donors (Lipinski definition) is 1. The fourth-order valence-corrected chi connectivity index (χ4v) is 1.56. The van der Waals surface area contributed by atoms with Gasteiger partial charge in [0.2, 0.25) is 10.0 Å². The minimum Gasteiger partial charge on any atom is -0.492 e. The maximum Gasteiger partial charge on any atom is 0.288 e. The highest BCUT2D eigenvalue weighted by Gasteiger charge is 2.12. The van der Waals surface area contributed by atoms with Crippen molar-refractivity contribution in [3.63, 3.8) is 0 Å². The van der Waals surface area contributed by atoms with Crippen LogP contribution in [0.5, 0.6) is 5.75 Å². The van der Waals surface area contributed by atoms with Crippen molar-refractivity contribution in [1.29, 1.82) is 0 Å². The number of sulfonamides is 1. The monoisotopic (exact) mass is 280 g/mol. The van der Waals surface area contributed by atoms with Crippen molar-refractivity contribution in [1.82, 2.24) is 0 Å². The van der Waals surface area contributed by atoms with Gasteiger partial charge in [0.15, 0.2) is 0 Å². The summed E-state index contributed by atoms with van der Waals surface area (Å²) < 4.78 is 26.3. The number of nitro benzene ring substituents is 1. The van der Waals surface area contributed by atoms with Crippen molar-refractivity contribution in [3.05, 3.63) is 33.3 Å². The standard InChI is InChI=1S/C8H9ClN2O5S/c9-7-5-6(1-2-8(7)11(12)13)16-3-4-17(10,14)15/h1-2,5H,3-4H2,(H2,10,14,15). The average Bonchev–Trinajstić information content (AvgIpc) is 2.15. The molecular formula is C8H9ClN2O5S. The summed E-state index contributed by atoms with van der Waals surface area (Å²) in [7, 11) is -3.59. The Hall–Kier alpha value is -1.38. The van der Waals surface area contributed by atoms with Crippen LogP contribution in [0.1, 0.15) is 0 Å². The Morgan fingerprint density at radius 2 is 2.12 bits per heavy atom. The van der Waals surface area contributed by atoms with Gasteiger partial charge in [-0.3, -0.25) is 10.1 Å². The van der Waals surface area contributed by atoms with Crippen molar-refractivity contribution in [2.75, 3.05) is 12.4 Å². The highest BCUT2D eigenvalue weighted by Crippen LogP contribution is 2.28. The van der Waals surface area contributed by atoms with Crippen LogP contribution in [0.15, 0.2) is 18.2 Å². The van der Waals surface area contributed by atoms with Gasteiger partial charge >= 0.3 is 0 Å². The molecule has 0 heterocycles. The van der Waals surface area contributed by atoms with Crippen LogP contribution < -0.4 is 9.88 Å². The van der Waals surface area contributed by atoms with E-state index in [1.54, 1.807) is 0 Å². The van der Waals surface area contributed by atoms with Crippen LogP contribution in [0.4, 0.5) is 5.69 Å². The second-order valence-electron chi connectivity index (χ2n) is 3.09. The summed E-state index contributed by atoms with van der Waals surface area (Å²) in [5.41, 5.74) is -0.245. The van der Waals surface area contributed by atoms with Gasteiger partial charge in [0.1, 0.15) is 17.4 Å². The normalized spacial score (nSPS) is 11.2. The van der Waals surface area contributed by atoms with E-state index in [-0.39, 0.29) is 28.8 Å². The van der Waals surface area contributed by atoms with Crippen molar-refractivity contribution in [2.45, 2.75) is 0 Å². The SMILES string of the molecule is NS(=O)(=O)CCOc1ccc([N+](=O)[O-])c(Cl)c1. The minimum absolute atomic E-state index is 0.0805. The molecule has 1 aromatic rings. The second-order valence-corrected chi connectivity index (χ2v) is 5.23. The zero-order valence-electron chi connectivity index (χ0n) is 8.50. The van der Waals surface area contributed by atoms with Gasteiger partial charge in [0.25, 0.3) is 5.69 Å². The molecule has 1 rings (SSSR count). The minimum atomic E-state index is -3.59. The van der Waals surface area contributed by atoms with E-state index >= 15 is 0 Å². The maximum atomic E-state index is 10.6. The second kappa shape index (κ2) is 5.30. The number of rotatable bonds is 5. The number of nitro groups is 1. The van der Waals surface area contributed by atoms with E-state index in [1.807, 2.05) is 0 Å². The number of nitrogens with zero attached hydrogens (tertiary/aromatic N) is 1. The molecular weight excluding hydrogens is 272 g/mol. The van der Waals surface area contributed by atoms with Crippen LogP contribution in [0.25, 0.3) is 0 Å². The highest BCUT2D eigenvalue weighted by atomic mass is 35.5. The predicted octanol–water partition coefficient (Wildman–Crippen LogP) is 0.916. The molecule has 0 fully saturated rings. The van der Waals surface area contributed by atoms with E-state index in [1.165, 1.54) is 18.2 Å². The molecule has 0 aliphatic carbocycles. The third-order valence-electron chi connectivity index (χ3n) is 1.75. The van der Waals surface area contributed by atoms with Crippen LogP contribution in [0.3, 0.4) is 0 Å². The van der Waals surface area contributed by atoms with E-state index in [9.17, 15) is 18.5 Å². The third-order valence-corrected chi connectivity index (χ3v) is 2.79. The van der Waals surface area contributed by atoms with Crippen LogP contribution in [-0.2, 0) is 10.0 Å². The molecule has 0 amide bonds. The molecule has 9 heteroatoms. The topological polar surface area (TPSA) is 113 Å². The fourth-order valence-electron chi connectivity index (χ4n) is 1.00. The smallest absolute Gasteiger partial charge is 0.288 e. The number of halogens is 1. The molecule has 94 valence electrons. The van der Waals surface area contributed by atoms with E-state index in [4.69, 9.17) is 21.5 Å². The Labute approximate surface area is 102 Å². The Kier molecular flexibility index (Phi) is 4.27. The van der Waals surface area contributed by atoms with E-state index in [0.29, 0.717) is 0 Å². The summed E-state index contributed by atoms with van der Waals surface area (Å²) in [6, 6.07) is 3.74. The Morgan fingerprint density at radius 1 is 1.47 bits per heavy atom. The van der Waals surface area contributed by atoms with Gasteiger partial charge in [-0.2, -0.15) is 0 Å². The molecule has 0 bridgehead atoms. The lowest BCUT2D eigenvalue weighted by atomic mass is 10.3. The lowest BCUT2D eigenvalue weighted by Gasteiger charge is -2.05. The Balaban J connectivity index is 2.68. The first-order valence-corrected chi connectivity index (χ1v) is 6.46. The van der Waals surface area contributed by atoms with Crippen LogP contribution in [-0.4, -0.2) is 25.7 Å².